The molecule has 1 rings (SSSR count). The molecule has 0 bridgehead atoms. The van der Waals surface area contributed by atoms with Crippen LogP contribution < -0.4 is 5.32 Å². The highest BCUT2D eigenvalue weighted by Crippen LogP contribution is 2.30. The van der Waals surface area contributed by atoms with Gasteiger partial charge in [-0.25, -0.2) is 0 Å². The van der Waals surface area contributed by atoms with E-state index in [-0.39, 0.29) is 12.5 Å². The van der Waals surface area contributed by atoms with Gasteiger partial charge in [0.2, 0.25) is 0 Å². The number of hydrogen-bond acceptors (Lipinski definition) is 1. The maximum Gasteiger partial charge on any atom is 0.389 e. The zero-order valence-corrected chi connectivity index (χ0v) is 13.3. The molecule has 0 radical (unpaired) electrons. The molecule has 0 saturated heterocycles. The van der Waals surface area contributed by atoms with Crippen molar-refractivity contribution in [2.24, 2.45) is 0 Å². The summed E-state index contributed by atoms with van der Waals surface area (Å²) in [5, 5.41) is 3.22. The largest absolute Gasteiger partial charge is 0.389 e. The third kappa shape index (κ3) is 5.69. The minimum absolute atomic E-state index is 0.0863. The van der Waals surface area contributed by atoms with E-state index in [1.54, 1.807) is 0 Å². The minimum atomic E-state index is -4.10. The Hall–Kier alpha value is -0.300. The van der Waals surface area contributed by atoms with Crippen LogP contribution >= 0.6 is 22.6 Å². The zero-order valence-electron chi connectivity index (χ0n) is 11.1. The summed E-state index contributed by atoms with van der Waals surface area (Å²) in [5.74, 6) is 0. The molecule has 1 unspecified atom stereocenters. The zero-order chi connectivity index (χ0) is 14.5. The van der Waals surface area contributed by atoms with Crippen LogP contribution in [0, 0.1) is 10.5 Å². The molecule has 0 fully saturated rings. The van der Waals surface area contributed by atoms with Gasteiger partial charge in [0.25, 0.3) is 0 Å². The molecule has 1 aromatic rings. The standard InChI is InChI=1S/C14H19F3IN/c1-3-9-19-12(7-8-14(15,16)17)11-6-4-5-10(2)13(11)18/h4-6,12,19H,3,7-9H2,1-2H3. The van der Waals surface area contributed by atoms with Crippen molar-refractivity contribution in [3.05, 3.63) is 32.9 Å². The van der Waals surface area contributed by atoms with Crippen LogP contribution in [0.15, 0.2) is 18.2 Å². The predicted octanol–water partition coefficient (Wildman–Crippen LogP) is 4.98. The van der Waals surface area contributed by atoms with Crippen LogP contribution in [0.1, 0.15) is 43.4 Å². The summed E-state index contributed by atoms with van der Waals surface area (Å²) in [6.07, 6.45) is -3.85. The minimum Gasteiger partial charge on any atom is -0.310 e. The molecule has 1 nitrogen and oxygen atoms in total. The summed E-state index contributed by atoms with van der Waals surface area (Å²) >= 11 is 2.21. The first-order valence-electron chi connectivity index (χ1n) is 6.40. The molecule has 5 heteroatoms. The van der Waals surface area contributed by atoms with Crippen molar-refractivity contribution in [3.8, 4) is 0 Å². The van der Waals surface area contributed by atoms with E-state index in [4.69, 9.17) is 0 Å². The molecule has 19 heavy (non-hydrogen) atoms. The van der Waals surface area contributed by atoms with Crippen LogP contribution in [-0.2, 0) is 0 Å². The Morgan fingerprint density at radius 3 is 2.58 bits per heavy atom. The highest BCUT2D eigenvalue weighted by Gasteiger charge is 2.29. The van der Waals surface area contributed by atoms with Gasteiger partial charge in [-0.2, -0.15) is 13.2 Å². The lowest BCUT2D eigenvalue weighted by molar-refractivity contribution is -0.136. The Morgan fingerprint density at radius 1 is 1.32 bits per heavy atom. The number of alkyl halides is 3. The smallest absolute Gasteiger partial charge is 0.310 e. The lowest BCUT2D eigenvalue weighted by Gasteiger charge is -2.22. The summed E-state index contributed by atoms with van der Waals surface area (Å²) in [6.45, 7) is 4.72. The van der Waals surface area contributed by atoms with Crippen molar-refractivity contribution < 1.29 is 13.2 Å². The van der Waals surface area contributed by atoms with Gasteiger partial charge in [-0.3, -0.25) is 0 Å². The average molecular weight is 385 g/mol. The molecule has 1 aromatic carbocycles. The molecule has 0 amide bonds. The second-order valence-corrected chi connectivity index (χ2v) is 5.72. The molecule has 0 aliphatic rings. The van der Waals surface area contributed by atoms with Gasteiger partial charge < -0.3 is 5.32 Å². The molecular formula is C14H19F3IN. The molecule has 0 aliphatic heterocycles. The van der Waals surface area contributed by atoms with Crippen LogP contribution in [0.4, 0.5) is 13.2 Å². The lowest BCUT2D eigenvalue weighted by atomic mass is 10.00. The first-order valence-corrected chi connectivity index (χ1v) is 7.48. The Morgan fingerprint density at radius 2 is 2.00 bits per heavy atom. The number of nitrogens with one attached hydrogen (secondary N) is 1. The number of rotatable bonds is 6. The lowest BCUT2D eigenvalue weighted by Crippen LogP contribution is -2.25. The van der Waals surface area contributed by atoms with E-state index in [0.717, 1.165) is 27.7 Å². The van der Waals surface area contributed by atoms with Crippen molar-refractivity contribution in [3.63, 3.8) is 0 Å². The second kappa shape index (κ2) is 7.47. The molecule has 0 aliphatic carbocycles. The monoisotopic (exact) mass is 385 g/mol. The van der Waals surface area contributed by atoms with Crippen LogP contribution in [0.2, 0.25) is 0 Å². The van der Waals surface area contributed by atoms with Crippen LogP contribution in [0.5, 0.6) is 0 Å². The second-order valence-electron chi connectivity index (χ2n) is 4.64. The van der Waals surface area contributed by atoms with Gasteiger partial charge in [0.15, 0.2) is 0 Å². The third-order valence-electron chi connectivity index (χ3n) is 2.95. The van der Waals surface area contributed by atoms with Gasteiger partial charge in [-0.15, -0.1) is 0 Å². The van der Waals surface area contributed by atoms with Gasteiger partial charge in [0.1, 0.15) is 0 Å². The molecule has 1 atom stereocenters. The molecule has 0 aromatic heterocycles. The van der Waals surface area contributed by atoms with E-state index in [9.17, 15) is 13.2 Å². The van der Waals surface area contributed by atoms with E-state index in [2.05, 4.69) is 27.9 Å². The van der Waals surface area contributed by atoms with Crippen molar-refractivity contribution in [2.75, 3.05) is 6.54 Å². The Labute approximate surface area is 126 Å². The van der Waals surface area contributed by atoms with Crippen LogP contribution in [-0.4, -0.2) is 12.7 Å². The number of hydrogen-bond donors (Lipinski definition) is 1. The maximum atomic E-state index is 12.4. The van der Waals surface area contributed by atoms with Crippen molar-refractivity contribution in [1.82, 2.24) is 5.32 Å². The van der Waals surface area contributed by atoms with Gasteiger partial charge in [0, 0.05) is 16.0 Å². The SMILES string of the molecule is CCCNC(CCC(F)(F)F)c1cccc(C)c1I. The number of halogens is 4. The first-order chi connectivity index (χ1) is 8.85. The Bertz CT molecular complexity index is 404. The predicted molar refractivity (Wildman–Crippen MR) is 80.2 cm³/mol. The molecule has 0 saturated carbocycles. The van der Waals surface area contributed by atoms with Gasteiger partial charge in [-0.05, 0) is 60.0 Å². The molecule has 108 valence electrons. The van der Waals surface area contributed by atoms with Crippen molar-refractivity contribution in [1.29, 1.82) is 0 Å². The molecule has 1 N–H and O–H groups in total. The van der Waals surface area contributed by atoms with Crippen LogP contribution in [0.3, 0.4) is 0 Å². The quantitative estimate of drug-likeness (QED) is 0.681. The number of benzene rings is 1. The molecule has 0 spiro atoms. The highest BCUT2D eigenvalue weighted by atomic mass is 127. The van der Waals surface area contributed by atoms with Gasteiger partial charge in [-0.1, -0.05) is 25.1 Å². The van der Waals surface area contributed by atoms with Gasteiger partial charge in [0.05, 0.1) is 0 Å². The maximum absolute atomic E-state index is 12.4. The highest BCUT2D eigenvalue weighted by molar-refractivity contribution is 14.1. The topological polar surface area (TPSA) is 12.0 Å². The third-order valence-corrected chi connectivity index (χ3v) is 4.43. The first kappa shape index (κ1) is 16.8. The summed E-state index contributed by atoms with van der Waals surface area (Å²) < 4.78 is 38.3. The van der Waals surface area contributed by atoms with E-state index in [1.165, 1.54) is 0 Å². The fraction of sp³-hybridized carbons (Fsp3) is 0.571. The summed E-state index contributed by atoms with van der Waals surface area (Å²) in [5.41, 5.74) is 2.08. The fourth-order valence-electron chi connectivity index (χ4n) is 1.93. The summed E-state index contributed by atoms with van der Waals surface area (Å²) in [6, 6.07) is 5.57. The normalized spacial score (nSPS) is 13.6. The molecule has 0 heterocycles. The summed E-state index contributed by atoms with van der Waals surface area (Å²) in [7, 11) is 0. The van der Waals surface area contributed by atoms with Crippen molar-refractivity contribution in [2.45, 2.75) is 45.3 Å². The Kier molecular flexibility index (Phi) is 6.59. The molecular weight excluding hydrogens is 366 g/mol. The average Bonchev–Trinajstić information content (AvgIpc) is 2.32. The fourth-order valence-corrected chi connectivity index (χ4v) is 2.67. The van der Waals surface area contributed by atoms with E-state index in [0.29, 0.717) is 0 Å². The van der Waals surface area contributed by atoms with Crippen LogP contribution in [0.25, 0.3) is 0 Å². The summed E-state index contributed by atoms with van der Waals surface area (Å²) in [4.78, 5) is 0. The number of aryl methyl sites for hydroxylation is 1. The Balaban J connectivity index is 2.86. The van der Waals surface area contributed by atoms with Gasteiger partial charge >= 0.3 is 6.18 Å². The van der Waals surface area contributed by atoms with Crippen molar-refractivity contribution >= 4 is 22.6 Å². The van der Waals surface area contributed by atoms with E-state index < -0.39 is 12.6 Å². The van der Waals surface area contributed by atoms with E-state index in [1.807, 2.05) is 32.0 Å². The van der Waals surface area contributed by atoms with E-state index >= 15 is 0 Å².